The maximum atomic E-state index is 12.7. The summed E-state index contributed by atoms with van der Waals surface area (Å²) in [6.07, 6.45) is -3.38. The maximum Gasteiger partial charge on any atom is 0.406 e. The monoisotopic (exact) mass is 371 g/mol. The molecule has 0 saturated heterocycles. The van der Waals surface area contributed by atoms with Crippen LogP contribution in [0.2, 0.25) is 0 Å². The molecule has 114 valence electrons. The molecule has 0 aromatic carbocycles. The molecule has 0 aliphatic rings. The Hall–Kier alpha value is -0.560. The van der Waals surface area contributed by atoms with Crippen molar-refractivity contribution in [1.82, 2.24) is 4.90 Å². The number of amides is 1. The van der Waals surface area contributed by atoms with Gasteiger partial charge < -0.3 is 4.90 Å². The van der Waals surface area contributed by atoms with Gasteiger partial charge in [-0.05, 0) is 47.3 Å². The van der Waals surface area contributed by atoms with Crippen LogP contribution in [0.25, 0.3) is 0 Å². The Labute approximate surface area is 129 Å². The molecule has 0 atom stereocenters. The van der Waals surface area contributed by atoms with Crippen molar-refractivity contribution >= 4 is 33.2 Å². The Morgan fingerprint density at radius 2 is 1.95 bits per heavy atom. The van der Waals surface area contributed by atoms with Crippen LogP contribution in [0.4, 0.5) is 13.2 Å². The van der Waals surface area contributed by atoms with Crippen LogP contribution in [0.3, 0.4) is 0 Å². The highest BCUT2D eigenvalue weighted by molar-refractivity contribution is 9.11. The van der Waals surface area contributed by atoms with E-state index in [4.69, 9.17) is 0 Å². The molecule has 1 amide bonds. The van der Waals surface area contributed by atoms with Crippen molar-refractivity contribution in [3.63, 3.8) is 0 Å². The third kappa shape index (κ3) is 4.48. The van der Waals surface area contributed by atoms with E-state index in [0.717, 1.165) is 14.2 Å². The van der Waals surface area contributed by atoms with Crippen LogP contribution >= 0.6 is 27.3 Å². The SMILES string of the molecule is CCC(CC)N(CC(F)(F)F)C(=O)c1cc(C)c(Br)s1. The summed E-state index contributed by atoms with van der Waals surface area (Å²) in [5.41, 5.74) is 0.856. The fourth-order valence-electron chi connectivity index (χ4n) is 2.00. The van der Waals surface area contributed by atoms with E-state index in [1.54, 1.807) is 19.9 Å². The molecule has 0 radical (unpaired) electrons. The standard InChI is InChI=1S/C13H17BrF3NOS/c1-4-9(5-2)18(7-13(15,16)17)12(19)10-6-8(3)11(14)20-10/h6,9H,4-5,7H2,1-3H3. The molecule has 1 heterocycles. The fourth-order valence-corrected chi connectivity index (χ4v) is 3.49. The summed E-state index contributed by atoms with van der Waals surface area (Å²) in [6, 6.07) is 1.23. The Kier molecular flexibility index (Phi) is 6.06. The number of nitrogens with zero attached hydrogens (tertiary/aromatic N) is 1. The topological polar surface area (TPSA) is 20.3 Å². The number of halogens is 4. The van der Waals surface area contributed by atoms with E-state index in [1.165, 1.54) is 11.3 Å². The second kappa shape index (κ2) is 6.93. The van der Waals surface area contributed by atoms with E-state index in [9.17, 15) is 18.0 Å². The average Bonchev–Trinajstić information content (AvgIpc) is 2.67. The summed E-state index contributed by atoms with van der Waals surface area (Å²) in [4.78, 5) is 13.6. The minimum Gasteiger partial charge on any atom is -0.326 e. The van der Waals surface area contributed by atoms with Gasteiger partial charge in [0.15, 0.2) is 0 Å². The fraction of sp³-hybridized carbons (Fsp3) is 0.615. The Morgan fingerprint density at radius 1 is 1.40 bits per heavy atom. The number of carbonyl (C=O) groups excluding carboxylic acids is 1. The van der Waals surface area contributed by atoms with Crippen LogP contribution < -0.4 is 0 Å². The van der Waals surface area contributed by atoms with E-state index in [2.05, 4.69) is 15.9 Å². The lowest BCUT2D eigenvalue weighted by molar-refractivity contribution is -0.144. The first-order chi connectivity index (χ1) is 9.19. The number of alkyl halides is 3. The number of rotatable bonds is 5. The predicted molar refractivity (Wildman–Crippen MR) is 78.2 cm³/mol. The summed E-state index contributed by atoms with van der Waals surface area (Å²) in [7, 11) is 0. The molecule has 0 aliphatic heterocycles. The third-order valence-electron chi connectivity index (χ3n) is 3.06. The van der Waals surface area contributed by atoms with Gasteiger partial charge in [-0.3, -0.25) is 4.79 Å². The molecule has 0 fully saturated rings. The largest absolute Gasteiger partial charge is 0.406 e. The van der Waals surface area contributed by atoms with E-state index >= 15 is 0 Å². The zero-order chi connectivity index (χ0) is 15.5. The zero-order valence-electron chi connectivity index (χ0n) is 11.6. The van der Waals surface area contributed by atoms with E-state index in [0.29, 0.717) is 17.7 Å². The molecule has 20 heavy (non-hydrogen) atoms. The van der Waals surface area contributed by atoms with Crippen LogP contribution in [0.5, 0.6) is 0 Å². The Bertz CT molecular complexity index is 449. The lowest BCUT2D eigenvalue weighted by Crippen LogP contribution is -2.45. The minimum atomic E-state index is -4.39. The zero-order valence-corrected chi connectivity index (χ0v) is 14.0. The van der Waals surface area contributed by atoms with Crippen molar-refractivity contribution in [3.05, 3.63) is 20.3 Å². The molecule has 1 aromatic heterocycles. The van der Waals surface area contributed by atoms with Gasteiger partial charge in [-0.2, -0.15) is 13.2 Å². The first-order valence-corrected chi connectivity index (χ1v) is 7.94. The maximum absolute atomic E-state index is 12.7. The minimum absolute atomic E-state index is 0.338. The van der Waals surface area contributed by atoms with Gasteiger partial charge in [0.2, 0.25) is 0 Å². The van der Waals surface area contributed by atoms with Gasteiger partial charge in [-0.15, -0.1) is 11.3 Å². The van der Waals surface area contributed by atoms with Crippen LogP contribution in [-0.2, 0) is 0 Å². The Balaban J connectivity index is 3.06. The number of thiophene rings is 1. The van der Waals surface area contributed by atoms with Gasteiger partial charge in [-0.25, -0.2) is 0 Å². The second-order valence-corrected chi connectivity index (χ2v) is 6.96. The molecule has 0 N–H and O–H groups in total. The van der Waals surface area contributed by atoms with Gasteiger partial charge in [0.05, 0.1) is 8.66 Å². The number of hydrogen-bond acceptors (Lipinski definition) is 2. The van der Waals surface area contributed by atoms with Gasteiger partial charge in [-0.1, -0.05) is 13.8 Å². The smallest absolute Gasteiger partial charge is 0.326 e. The highest BCUT2D eigenvalue weighted by Gasteiger charge is 2.36. The van der Waals surface area contributed by atoms with Crippen molar-refractivity contribution in [3.8, 4) is 0 Å². The van der Waals surface area contributed by atoms with Crippen molar-refractivity contribution in [1.29, 1.82) is 0 Å². The van der Waals surface area contributed by atoms with Crippen LogP contribution in [0, 0.1) is 6.92 Å². The first-order valence-electron chi connectivity index (χ1n) is 6.33. The van der Waals surface area contributed by atoms with Gasteiger partial charge in [0.1, 0.15) is 6.54 Å². The van der Waals surface area contributed by atoms with Gasteiger partial charge in [0, 0.05) is 6.04 Å². The second-order valence-electron chi connectivity index (χ2n) is 4.59. The average molecular weight is 372 g/mol. The van der Waals surface area contributed by atoms with E-state index < -0.39 is 24.7 Å². The number of hydrogen-bond donors (Lipinski definition) is 0. The molecule has 1 rings (SSSR count). The molecule has 2 nitrogen and oxygen atoms in total. The summed E-state index contributed by atoms with van der Waals surface area (Å²) in [5.74, 6) is -0.546. The Morgan fingerprint density at radius 3 is 2.30 bits per heavy atom. The molecule has 0 bridgehead atoms. The molecule has 7 heteroatoms. The van der Waals surface area contributed by atoms with Gasteiger partial charge >= 0.3 is 6.18 Å². The molecule has 0 unspecified atom stereocenters. The quantitative estimate of drug-likeness (QED) is 0.711. The van der Waals surface area contributed by atoms with Crippen molar-refractivity contribution < 1.29 is 18.0 Å². The van der Waals surface area contributed by atoms with Gasteiger partial charge in [0.25, 0.3) is 5.91 Å². The number of carbonyl (C=O) groups is 1. The third-order valence-corrected chi connectivity index (χ3v) is 5.19. The summed E-state index contributed by atoms with van der Waals surface area (Å²) in [5, 5.41) is 0. The predicted octanol–water partition coefficient (Wildman–Crippen LogP) is 5.01. The van der Waals surface area contributed by atoms with E-state index in [1.807, 2.05) is 6.92 Å². The normalized spacial score (nSPS) is 12.0. The molecule has 0 aliphatic carbocycles. The van der Waals surface area contributed by atoms with Crippen molar-refractivity contribution in [2.24, 2.45) is 0 Å². The molecule has 0 saturated carbocycles. The molecule has 0 spiro atoms. The lowest BCUT2D eigenvalue weighted by atomic mass is 10.1. The highest BCUT2D eigenvalue weighted by atomic mass is 79.9. The summed E-state index contributed by atoms with van der Waals surface area (Å²) in [6.45, 7) is 4.19. The number of aryl methyl sites for hydroxylation is 1. The lowest BCUT2D eigenvalue weighted by Gasteiger charge is -2.30. The molecular weight excluding hydrogens is 355 g/mol. The van der Waals surface area contributed by atoms with Crippen molar-refractivity contribution in [2.45, 2.75) is 45.8 Å². The van der Waals surface area contributed by atoms with E-state index in [-0.39, 0.29) is 0 Å². The highest BCUT2D eigenvalue weighted by Crippen LogP contribution is 2.30. The first kappa shape index (κ1) is 17.5. The van der Waals surface area contributed by atoms with Crippen LogP contribution in [0.1, 0.15) is 41.9 Å². The van der Waals surface area contributed by atoms with Crippen LogP contribution in [-0.4, -0.2) is 29.6 Å². The molecular formula is C13H17BrF3NOS. The molecule has 1 aromatic rings. The van der Waals surface area contributed by atoms with Crippen LogP contribution in [0.15, 0.2) is 9.85 Å². The van der Waals surface area contributed by atoms with Crippen molar-refractivity contribution in [2.75, 3.05) is 6.54 Å². The summed E-state index contributed by atoms with van der Waals surface area (Å²) < 4.78 is 38.9. The summed E-state index contributed by atoms with van der Waals surface area (Å²) >= 11 is 4.46.